The van der Waals surface area contributed by atoms with Crippen LogP contribution in [0.4, 0.5) is 0 Å². The molecule has 13 amide bonds. The van der Waals surface area contributed by atoms with E-state index in [9.17, 15) is 154 Å². The molecule has 0 unspecified atom stereocenters. The number of amides is 13. The lowest BCUT2D eigenvalue weighted by molar-refractivity contribution is -0.292. The van der Waals surface area contributed by atoms with E-state index in [2.05, 4.69) is 58.5 Å². The van der Waals surface area contributed by atoms with Crippen molar-refractivity contribution < 1.29 is 221 Å². The van der Waals surface area contributed by atoms with Crippen molar-refractivity contribution in [3.8, 4) is 0 Å². The number of hydrogen-bond acceptors (Lipinski definition) is 48. The Morgan fingerprint density at radius 1 is 0.270 bits per heavy atom. The average molecular weight is 2140 g/mol. The first kappa shape index (κ1) is 126. The van der Waals surface area contributed by atoms with Gasteiger partial charge in [-0.05, 0) is 92.9 Å². The number of carbonyl (C=O) groups is 14. The van der Waals surface area contributed by atoms with Crippen molar-refractivity contribution in [3.63, 3.8) is 0 Å². The summed E-state index contributed by atoms with van der Waals surface area (Å²) >= 11 is 0. The van der Waals surface area contributed by atoms with Crippen LogP contribution < -0.4 is 58.5 Å². The molecule has 7 aliphatic rings. The van der Waals surface area contributed by atoms with Crippen LogP contribution in [0, 0.1) is 0 Å². The van der Waals surface area contributed by atoms with Gasteiger partial charge in [0, 0.05) is 78.2 Å². The largest absolute Gasteiger partial charge is 0.388 e. The highest BCUT2D eigenvalue weighted by Gasteiger charge is 2.49. The second-order valence-corrected chi connectivity index (χ2v) is 36.9. The van der Waals surface area contributed by atoms with E-state index in [-0.39, 0.29) is 176 Å². The lowest BCUT2D eigenvalue weighted by Gasteiger charge is -2.38. The van der Waals surface area contributed by atoms with Gasteiger partial charge in [-0.3, -0.25) is 77.0 Å². The molecular formula is C88H151N15O45. The Kier molecular flexibility index (Phi) is 55.0. The predicted octanol–water partition coefficient (Wildman–Crippen LogP) is -17.5. The number of unbranched alkanes of at least 4 members (excludes halogenated alkanes) is 4. The van der Waals surface area contributed by atoms with Crippen LogP contribution in [-0.2, 0) is 129 Å². The molecule has 0 spiro atoms. The van der Waals surface area contributed by atoms with Crippen LogP contribution in [0.25, 0.3) is 0 Å². The molecule has 7 saturated heterocycles. The zero-order chi connectivity index (χ0) is 109. The molecule has 0 aromatic heterocycles. The Balaban J connectivity index is 1.09. The number of nitrogens with one attached hydrogen (secondary N) is 11. The van der Waals surface area contributed by atoms with Crippen LogP contribution in [0.2, 0.25) is 0 Å². The van der Waals surface area contributed by atoms with E-state index in [0.717, 1.165) is 14.7 Å². The molecule has 60 heteroatoms. The summed E-state index contributed by atoms with van der Waals surface area (Å²) < 4.78 is 65.8. The van der Waals surface area contributed by atoms with Crippen molar-refractivity contribution in [2.75, 3.05) is 157 Å². The molecular weight excluding hydrogens is 1990 g/mol. The molecule has 0 radical (unpaired) electrons. The Bertz CT molecular complexity index is 3970. The second kappa shape index (κ2) is 64.5. The average Bonchev–Trinajstić information content (AvgIpc) is 1.10. The van der Waals surface area contributed by atoms with E-state index in [4.69, 9.17) is 61.7 Å². The molecule has 0 aromatic carbocycles. The quantitative estimate of drug-likeness (QED) is 0.0199. The summed E-state index contributed by atoms with van der Waals surface area (Å²) in [5.41, 5.74) is 0. The summed E-state index contributed by atoms with van der Waals surface area (Å²) in [6.07, 6.45) is -43.7. The molecule has 7 fully saturated rings. The van der Waals surface area contributed by atoms with Crippen LogP contribution in [0.3, 0.4) is 0 Å². The molecule has 32 atom stereocenters. The first-order chi connectivity index (χ1) is 70.1. The zero-order valence-corrected chi connectivity index (χ0v) is 83.3. The van der Waals surface area contributed by atoms with Gasteiger partial charge in [-0.15, -0.1) is 5.06 Å². The van der Waals surface area contributed by atoms with Gasteiger partial charge >= 0.3 is 5.97 Å². The van der Waals surface area contributed by atoms with Crippen LogP contribution in [0.15, 0.2) is 0 Å². The van der Waals surface area contributed by atoms with E-state index >= 15 is 4.79 Å². The van der Waals surface area contributed by atoms with Gasteiger partial charge in [0.1, 0.15) is 122 Å². The summed E-state index contributed by atoms with van der Waals surface area (Å²) in [4.78, 5) is 199. The number of imide groups is 1. The maximum atomic E-state index is 15.1. The van der Waals surface area contributed by atoms with Gasteiger partial charge in [0.25, 0.3) is 11.8 Å². The van der Waals surface area contributed by atoms with E-state index in [0.29, 0.717) is 5.06 Å². The minimum Gasteiger partial charge on any atom is -0.388 e. The molecule has 60 nitrogen and oxygen atoms in total. The topological polar surface area (TPSA) is 868 Å². The summed E-state index contributed by atoms with van der Waals surface area (Å²) in [6.45, 7) is -1.74. The van der Waals surface area contributed by atoms with Crippen LogP contribution in [0.1, 0.15) is 119 Å². The summed E-state index contributed by atoms with van der Waals surface area (Å²) in [6, 6.07) is -3.17. The monoisotopic (exact) mass is 2140 g/mol. The maximum absolute atomic E-state index is 15.1. The van der Waals surface area contributed by atoms with Gasteiger partial charge in [0.2, 0.25) is 65.0 Å². The molecule has 0 bridgehead atoms. The Morgan fingerprint density at radius 3 is 0.736 bits per heavy atom. The van der Waals surface area contributed by atoms with Gasteiger partial charge in [-0.1, -0.05) is 6.42 Å². The lowest BCUT2D eigenvalue weighted by atomic mass is 10.0. The Hall–Kier alpha value is -8.54. The van der Waals surface area contributed by atoms with Crippen LogP contribution in [-0.4, -0.2) is 548 Å². The van der Waals surface area contributed by atoms with Gasteiger partial charge in [-0.25, -0.2) is 4.79 Å². The normalized spacial score (nSPS) is 31.2. The molecule has 0 saturated carbocycles. The first-order valence-corrected chi connectivity index (χ1v) is 49.3. The number of aliphatic hydroxyl groups is 18. The van der Waals surface area contributed by atoms with Crippen molar-refractivity contribution in [1.82, 2.24) is 78.2 Å². The minimum absolute atomic E-state index is 0.00232. The van der Waals surface area contributed by atoms with Gasteiger partial charge in [-0.2, -0.15) is 0 Å². The fraction of sp³-hybridized carbons (Fsp3) is 0.841. The fourth-order valence-electron chi connectivity index (χ4n) is 16.0. The van der Waals surface area contributed by atoms with Crippen molar-refractivity contribution >= 4 is 82.8 Å². The molecule has 7 aliphatic heterocycles. The third kappa shape index (κ3) is 41.8. The maximum Gasteiger partial charge on any atom is 0.333 e. The molecule has 848 valence electrons. The second-order valence-electron chi connectivity index (χ2n) is 36.9. The lowest BCUT2D eigenvalue weighted by Crippen LogP contribution is -2.57. The van der Waals surface area contributed by atoms with Crippen molar-refractivity contribution in [1.29, 1.82) is 0 Å². The summed E-state index contributed by atoms with van der Waals surface area (Å²) in [5.74, 6) is -11.5. The number of carbonyl (C=O) groups excluding carboxylic acids is 14. The highest BCUT2D eigenvalue weighted by atomic mass is 16.7. The van der Waals surface area contributed by atoms with Crippen molar-refractivity contribution in [2.24, 2.45) is 0 Å². The number of hydrogen-bond donors (Lipinski definition) is 29. The van der Waals surface area contributed by atoms with E-state index in [1.807, 2.05) is 0 Å². The first-order valence-electron chi connectivity index (χ1n) is 49.3. The molecule has 0 aromatic rings. The molecule has 0 aliphatic carbocycles. The van der Waals surface area contributed by atoms with Crippen LogP contribution in [0.5, 0.6) is 0 Å². The number of aliphatic hydroxyl groups excluding tert-OH is 18. The van der Waals surface area contributed by atoms with E-state index < -0.39 is 338 Å². The third-order valence-corrected chi connectivity index (χ3v) is 24.7. The smallest absolute Gasteiger partial charge is 0.333 e. The van der Waals surface area contributed by atoms with Gasteiger partial charge in [0.15, 0.2) is 37.7 Å². The van der Waals surface area contributed by atoms with Gasteiger partial charge < -0.3 is 212 Å². The zero-order valence-electron chi connectivity index (χ0n) is 83.3. The van der Waals surface area contributed by atoms with Crippen molar-refractivity contribution in [3.05, 3.63) is 0 Å². The molecule has 7 rings (SSSR count). The number of nitrogens with zero attached hydrogens (tertiary/aromatic N) is 4. The standard InChI is InChI=1S/C88H151N15O45/c1-43-63(116)69(122)75(128)83(142-43)136-28-22-91-53(106)36-100(37-54(107)92-23-29-137-84-76(129)70(123)64(117)44(2)143-84)34-51(104)89-19-12-9-14-49(81(134)97-21-11-7-8-16-62(115)148-103-60(113)17-18-61(103)114)99-82(135)50(98-59(112)42-102(40-57(110)95-26-32-140-87-79(132)73(126)67(120)47(5)146-87)41-58(111)96-27-33-141-88-80(133)74(127)68(121)48(6)147-88)15-10-13-20-90-52(105)35-101(38-55(108)93-24-30-138-85-77(130)71(124)65(118)45(3)144-85)39-56(109)94-25-31-139-86-78(131)72(125)66(119)46(4)145-86/h43-50,63-80,83-88,116-133H,7-42H2,1-6H3,(H,89,104)(H,90,105)(H,91,106)(H,92,107)(H,93,108)(H,94,109)(H,95,110)(H,96,111)(H,97,134)(H,98,112)(H,99,135)/t43-,44-,45-,46-,47-,48-,49-,50-,63+,64+,65+,66+,67+,68+,69+,70+,71+,72+,73+,74+,75-,76-,77-,78-,79-,80-,83+,84+,85+,86+,87+,88+/m0/s1. The number of hydroxylamine groups is 2. The highest BCUT2D eigenvalue weighted by Crippen LogP contribution is 2.29. The highest BCUT2D eigenvalue weighted by molar-refractivity contribution is 6.01. The van der Waals surface area contributed by atoms with Crippen molar-refractivity contribution in [2.45, 2.75) is 315 Å². The van der Waals surface area contributed by atoms with Gasteiger partial charge in [0.05, 0.1) is 135 Å². The SMILES string of the molecule is C[C@@H]1O[C@@H](OCCNC(=O)CN(CC(=O)NCCCC[C@H](NC(=O)CN(CC(=O)NCCO[C@@H]2O[C@@H](C)[C@@H](O)[C@@H](O)[C@@H]2O)CC(=O)NCCO[C@@H]2O[C@@H](C)[C@@H](O)[C@@H](O)[C@@H]2O)C(=O)N[C@@H](CCCCNC(=O)CN(CC(=O)NCCO[C@@H]2O[C@@H](C)[C@@H](O)[C@@H](O)[C@@H]2O)CC(=O)NCCO[C@@H]2O[C@@H](C)[C@@H](O)[C@@H](O)[C@@H]2O)C(=O)NCCCCCC(=O)ON2C(=O)CCC2=O)CC(=O)NCCO[C@@H]2O[C@@H](C)[C@@H](O)[C@@H](O)[C@@H]2O)[C@@H](O)[C@H](O)[C@@H]1O. The van der Waals surface area contributed by atoms with Crippen LogP contribution >= 0.6 is 0 Å². The number of ether oxygens (including phenoxy) is 12. The third-order valence-electron chi connectivity index (χ3n) is 24.7. The predicted molar refractivity (Wildman–Crippen MR) is 493 cm³/mol. The Morgan fingerprint density at radius 2 is 0.486 bits per heavy atom. The minimum atomic E-state index is -1.72. The number of rotatable bonds is 63. The molecule has 29 N–H and O–H groups in total. The molecule has 148 heavy (non-hydrogen) atoms. The summed E-state index contributed by atoms with van der Waals surface area (Å²) in [5, 5.41) is 214. The Labute approximate surface area is 851 Å². The van der Waals surface area contributed by atoms with E-state index in [1.54, 1.807) is 0 Å². The molecule has 7 heterocycles. The van der Waals surface area contributed by atoms with E-state index in [1.165, 1.54) is 41.5 Å². The fourth-order valence-corrected chi connectivity index (χ4v) is 16.0. The summed E-state index contributed by atoms with van der Waals surface area (Å²) in [7, 11) is 0.